The molecular weight excluding hydrogens is 361 g/mol. The molecule has 28 heavy (non-hydrogen) atoms. The Labute approximate surface area is 162 Å². The van der Waals surface area contributed by atoms with Crippen molar-refractivity contribution in [1.82, 2.24) is 24.6 Å². The molecule has 0 aromatic carbocycles. The van der Waals surface area contributed by atoms with Gasteiger partial charge in [0.1, 0.15) is 18.3 Å². The first-order valence-electron chi connectivity index (χ1n) is 9.24. The SMILES string of the molecule is Cn1cc(-c2ncc(C#N)c(N3C[C@@H]4C[C@H]3CN4C(=O)C(C)(C)CF)n2)cn1. The van der Waals surface area contributed by atoms with Crippen molar-refractivity contribution < 1.29 is 9.18 Å². The van der Waals surface area contributed by atoms with E-state index in [1.165, 1.54) is 6.20 Å². The number of carbonyl (C=O) groups excluding carboxylic acids is 1. The zero-order chi connectivity index (χ0) is 20.1. The lowest BCUT2D eigenvalue weighted by Gasteiger charge is -2.38. The molecule has 146 valence electrons. The monoisotopic (exact) mass is 383 g/mol. The Morgan fingerprint density at radius 3 is 2.71 bits per heavy atom. The molecule has 4 rings (SSSR count). The number of alkyl halides is 1. The number of anilines is 1. The molecule has 1 amide bonds. The van der Waals surface area contributed by atoms with Gasteiger partial charge in [0, 0.05) is 26.3 Å². The van der Waals surface area contributed by atoms with E-state index in [4.69, 9.17) is 0 Å². The third-order valence-electron chi connectivity index (χ3n) is 5.54. The molecule has 4 heterocycles. The van der Waals surface area contributed by atoms with Gasteiger partial charge in [-0.15, -0.1) is 0 Å². The molecule has 2 aliphatic rings. The number of likely N-dealkylation sites (tertiary alicyclic amines) is 1. The molecule has 8 nitrogen and oxygen atoms in total. The molecule has 0 unspecified atom stereocenters. The van der Waals surface area contributed by atoms with Crippen molar-refractivity contribution in [2.45, 2.75) is 32.4 Å². The summed E-state index contributed by atoms with van der Waals surface area (Å²) in [7, 11) is 1.82. The van der Waals surface area contributed by atoms with Crippen molar-refractivity contribution in [2.75, 3.05) is 24.7 Å². The summed E-state index contributed by atoms with van der Waals surface area (Å²) in [6.45, 7) is 3.69. The molecule has 0 saturated carbocycles. The van der Waals surface area contributed by atoms with Crippen LogP contribution in [0.15, 0.2) is 18.6 Å². The summed E-state index contributed by atoms with van der Waals surface area (Å²) >= 11 is 0. The van der Waals surface area contributed by atoms with E-state index in [2.05, 4.69) is 26.0 Å². The number of aromatic nitrogens is 4. The van der Waals surface area contributed by atoms with Crippen LogP contribution in [-0.4, -0.2) is 62.4 Å². The van der Waals surface area contributed by atoms with Gasteiger partial charge < -0.3 is 9.80 Å². The van der Waals surface area contributed by atoms with Crippen molar-refractivity contribution >= 4 is 11.7 Å². The van der Waals surface area contributed by atoms with E-state index in [-0.39, 0.29) is 18.0 Å². The Hall–Kier alpha value is -3.02. The lowest BCUT2D eigenvalue weighted by molar-refractivity contribution is -0.142. The van der Waals surface area contributed by atoms with Gasteiger partial charge in [-0.25, -0.2) is 14.4 Å². The van der Waals surface area contributed by atoms with E-state index < -0.39 is 12.1 Å². The van der Waals surface area contributed by atoms with Crippen LogP contribution in [-0.2, 0) is 11.8 Å². The van der Waals surface area contributed by atoms with E-state index in [0.717, 1.165) is 12.0 Å². The van der Waals surface area contributed by atoms with Crippen LogP contribution in [0, 0.1) is 16.7 Å². The number of piperazine rings is 1. The van der Waals surface area contributed by atoms with Gasteiger partial charge in [0.05, 0.1) is 35.5 Å². The number of carbonyl (C=O) groups is 1. The topological polar surface area (TPSA) is 90.9 Å². The third kappa shape index (κ3) is 2.89. The van der Waals surface area contributed by atoms with E-state index in [9.17, 15) is 14.4 Å². The van der Waals surface area contributed by atoms with E-state index >= 15 is 0 Å². The minimum atomic E-state index is -1.00. The van der Waals surface area contributed by atoms with Gasteiger partial charge in [-0.1, -0.05) is 0 Å². The zero-order valence-electron chi connectivity index (χ0n) is 16.1. The second-order valence-electron chi connectivity index (χ2n) is 8.12. The van der Waals surface area contributed by atoms with Crippen LogP contribution in [0.5, 0.6) is 0 Å². The molecule has 2 aliphatic heterocycles. The first-order chi connectivity index (χ1) is 13.3. The Bertz CT molecular complexity index is 963. The largest absolute Gasteiger partial charge is 0.348 e. The summed E-state index contributed by atoms with van der Waals surface area (Å²) in [5.74, 6) is 0.943. The average Bonchev–Trinajstić information content (AvgIpc) is 3.42. The molecule has 0 radical (unpaired) electrons. The summed E-state index contributed by atoms with van der Waals surface area (Å²) < 4.78 is 14.9. The van der Waals surface area contributed by atoms with Gasteiger partial charge in [-0.3, -0.25) is 9.48 Å². The van der Waals surface area contributed by atoms with Gasteiger partial charge in [0.2, 0.25) is 5.91 Å². The molecular formula is C19H22FN7O. The highest BCUT2D eigenvalue weighted by Gasteiger charge is 2.49. The lowest BCUT2D eigenvalue weighted by Crippen LogP contribution is -2.53. The zero-order valence-corrected chi connectivity index (χ0v) is 16.1. The predicted molar refractivity (Wildman–Crippen MR) is 100.0 cm³/mol. The van der Waals surface area contributed by atoms with Crippen LogP contribution in [0.25, 0.3) is 11.4 Å². The minimum Gasteiger partial charge on any atom is -0.348 e. The number of fused-ring (bicyclic) bond motifs is 2. The Morgan fingerprint density at radius 2 is 2.14 bits per heavy atom. The summed E-state index contributed by atoms with van der Waals surface area (Å²) in [4.78, 5) is 25.5. The normalized spacial score (nSPS) is 21.2. The van der Waals surface area contributed by atoms with E-state index in [1.807, 2.05) is 13.2 Å². The molecule has 0 N–H and O–H groups in total. The maximum Gasteiger partial charge on any atom is 0.231 e. The van der Waals surface area contributed by atoms with Crippen LogP contribution >= 0.6 is 0 Å². The molecule has 2 fully saturated rings. The van der Waals surface area contributed by atoms with Crippen LogP contribution in [0.2, 0.25) is 0 Å². The minimum absolute atomic E-state index is 0.00618. The van der Waals surface area contributed by atoms with Crippen molar-refractivity contribution in [2.24, 2.45) is 12.5 Å². The number of hydrogen-bond acceptors (Lipinski definition) is 6. The quantitative estimate of drug-likeness (QED) is 0.795. The highest BCUT2D eigenvalue weighted by atomic mass is 19.1. The first-order valence-corrected chi connectivity index (χ1v) is 9.24. The molecule has 2 aromatic heterocycles. The Balaban J connectivity index is 1.60. The second kappa shape index (κ2) is 6.55. The van der Waals surface area contributed by atoms with Gasteiger partial charge in [-0.05, 0) is 20.3 Å². The van der Waals surface area contributed by atoms with Crippen molar-refractivity contribution in [3.63, 3.8) is 0 Å². The molecule has 9 heteroatoms. The number of nitriles is 1. The fraction of sp³-hybridized carbons (Fsp3) is 0.526. The molecule has 2 bridgehead atoms. The summed E-state index contributed by atoms with van der Waals surface area (Å²) in [6, 6.07) is 2.23. The van der Waals surface area contributed by atoms with Crippen molar-refractivity contribution in [1.29, 1.82) is 5.26 Å². The summed E-state index contributed by atoms with van der Waals surface area (Å²) in [5.41, 5.74) is 0.177. The highest BCUT2D eigenvalue weighted by Crippen LogP contribution is 2.37. The van der Waals surface area contributed by atoms with Crippen LogP contribution < -0.4 is 4.90 Å². The van der Waals surface area contributed by atoms with E-state index in [1.54, 1.807) is 29.6 Å². The number of halogens is 1. The van der Waals surface area contributed by atoms with Gasteiger partial charge >= 0.3 is 0 Å². The molecule has 2 saturated heterocycles. The number of rotatable bonds is 4. The Morgan fingerprint density at radius 1 is 1.36 bits per heavy atom. The standard InChI is InChI=1S/C19H22FN7O/c1-19(2,11-20)18(28)27-10-14-4-15(27)9-26(14)17-12(5-21)6-22-16(24-17)13-7-23-25(3)8-13/h6-8,14-15H,4,9-11H2,1-3H3/t14-,15-/m0/s1. The fourth-order valence-corrected chi connectivity index (χ4v) is 3.97. The number of amides is 1. The second-order valence-corrected chi connectivity index (χ2v) is 8.12. The fourth-order valence-electron chi connectivity index (χ4n) is 3.97. The number of nitrogens with zero attached hydrogens (tertiary/aromatic N) is 7. The van der Waals surface area contributed by atoms with E-state index in [0.29, 0.717) is 30.3 Å². The van der Waals surface area contributed by atoms with Crippen molar-refractivity contribution in [3.05, 3.63) is 24.2 Å². The van der Waals surface area contributed by atoms with Gasteiger partial charge in [0.25, 0.3) is 0 Å². The molecule has 0 aliphatic carbocycles. The maximum absolute atomic E-state index is 13.2. The predicted octanol–water partition coefficient (Wildman–Crippen LogP) is 1.53. The van der Waals surface area contributed by atoms with Gasteiger partial charge in [-0.2, -0.15) is 10.4 Å². The Kier molecular flexibility index (Phi) is 4.29. The third-order valence-corrected chi connectivity index (χ3v) is 5.54. The highest BCUT2D eigenvalue weighted by molar-refractivity contribution is 5.83. The maximum atomic E-state index is 13.2. The van der Waals surface area contributed by atoms with Gasteiger partial charge in [0.15, 0.2) is 11.6 Å². The summed E-state index contributed by atoms with van der Waals surface area (Å²) in [5, 5.41) is 13.7. The number of aryl methyl sites for hydroxylation is 1. The average molecular weight is 383 g/mol. The van der Waals surface area contributed by atoms with Crippen molar-refractivity contribution in [3.8, 4) is 17.5 Å². The van der Waals surface area contributed by atoms with Crippen LogP contribution in [0.1, 0.15) is 25.8 Å². The van der Waals surface area contributed by atoms with Crippen LogP contribution in [0.3, 0.4) is 0 Å². The lowest BCUT2D eigenvalue weighted by atomic mass is 9.93. The smallest absolute Gasteiger partial charge is 0.231 e. The summed E-state index contributed by atoms with van der Waals surface area (Å²) in [6.07, 6.45) is 5.83. The number of hydrogen-bond donors (Lipinski definition) is 0. The molecule has 0 spiro atoms. The molecule has 2 atom stereocenters. The first kappa shape index (κ1) is 18.3. The van der Waals surface area contributed by atoms with Crippen LogP contribution in [0.4, 0.5) is 10.2 Å². The molecule has 2 aromatic rings.